The average Bonchev–Trinajstić information content (AvgIpc) is 2.79. The molecule has 0 spiro atoms. The molecule has 0 radical (unpaired) electrons. The molecule has 0 saturated heterocycles. The van der Waals surface area contributed by atoms with Gasteiger partial charge in [0.2, 0.25) is 5.91 Å². The largest absolute Gasteiger partial charge is 0.493 e. The SMILES string of the molecule is COc1cccc(C(=O)NC2CCc3ccccc3NC2=O)c1OC. The lowest BCUT2D eigenvalue weighted by Crippen LogP contribution is -2.43. The highest BCUT2D eigenvalue weighted by Gasteiger charge is 2.26. The number of carbonyl (C=O) groups excluding carboxylic acids is 2. The lowest BCUT2D eigenvalue weighted by atomic mass is 10.1. The molecular weight excluding hydrogens is 320 g/mol. The number of hydrogen-bond donors (Lipinski definition) is 2. The Morgan fingerprint density at radius 3 is 2.68 bits per heavy atom. The Kier molecular flexibility index (Phi) is 4.88. The molecular formula is C19H20N2O4. The van der Waals surface area contributed by atoms with Crippen LogP contribution in [0.4, 0.5) is 5.69 Å². The second kappa shape index (κ2) is 7.25. The molecule has 2 amide bonds. The second-order valence-corrected chi connectivity index (χ2v) is 5.75. The Morgan fingerprint density at radius 2 is 1.92 bits per heavy atom. The summed E-state index contributed by atoms with van der Waals surface area (Å²) in [6, 6.07) is 12.1. The molecule has 1 heterocycles. The molecule has 0 aliphatic carbocycles. The van der Waals surface area contributed by atoms with Crippen LogP contribution in [0.2, 0.25) is 0 Å². The average molecular weight is 340 g/mol. The van der Waals surface area contributed by atoms with Gasteiger partial charge in [0.1, 0.15) is 6.04 Å². The normalized spacial score (nSPS) is 16.2. The highest BCUT2D eigenvalue weighted by Crippen LogP contribution is 2.31. The maximum atomic E-state index is 12.7. The minimum Gasteiger partial charge on any atom is -0.493 e. The summed E-state index contributed by atoms with van der Waals surface area (Å²) in [5, 5.41) is 5.67. The Balaban J connectivity index is 1.79. The van der Waals surface area contributed by atoms with Crippen molar-refractivity contribution < 1.29 is 19.1 Å². The molecule has 2 aromatic carbocycles. The van der Waals surface area contributed by atoms with E-state index in [0.717, 1.165) is 11.3 Å². The Hall–Kier alpha value is -3.02. The van der Waals surface area contributed by atoms with Crippen LogP contribution in [0.3, 0.4) is 0 Å². The third-order valence-electron chi connectivity index (χ3n) is 4.25. The van der Waals surface area contributed by atoms with Gasteiger partial charge in [0, 0.05) is 5.69 Å². The molecule has 0 aromatic heterocycles. The van der Waals surface area contributed by atoms with Crippen molar-refractivity contribution in [3.8, 4) is 11.5 Å². The van der Waals surface area contributed by atoms with E-state index < -0.39 is 6.04 Å². The van der Waals surface area contributed by atoms with Gasteiger partial charge in [-0.3, -0.25) is 9.59 Å². The van der Waals surface area contributed by atoms with Gasteiger partial charge < -0.3 is 20.1 Å². The Labute approximate surface area is 146 Å². The van der Waals surface area contributed by atoms with Crippen molar-refractivity contribution in [3.63, 3.8) is 0 Å². The number of rotatable bonds is 4. The predicted octanol–water partition coefficient (Wildman–Crippen LogP) is 2.39. The third kappa shape index (κ3) is 3.42. The van der Waals surface area contributed by atoms with E-state index >= 15 is 0 Å². The number of carbonyl (C=O) groups is 2. The first-order chi connectivity index (χ1) is 12.1. The van der Waals surface area contributed by atoms with Gasteiger partial charge in [0.25, 0.3) is 5.91 Å². The molecule has 1 aliphatic heterocycles. The van der Waals surface area contributed by atoms with Crippen LogP contribution in [0, 0.1) is 0 Å². The van der Waals surface area contributed by atoms with Crippen molar-refractivity contribution in [3.05, 3.63) is 53.6 Å². The number of hydrogen-bond acceptors (Lipinski definition) is 4. The molecule has 1 atom stereocenters. The summed E-state index contributed by atoms with van der Waals surface area (Å²) in [7, 11) is 2.99. The van der Waals surface area contributed by atoms with E-state index in [0.29, 0.717) is 29.9 Å². The minimum absolute atomic E-state index is 0.222. The number of para-hydroxylation sites is 2. The standard InChI is InChI=1S/C19H20N2O4/c1-24-16-9-5-7-13(17(16)25-2)18(22)21-15-11-10-12-6-3-4-8-14(12)20-19(15)23/h3-9,15H,10-11H2,1-2H3,(H,20,23)(H,21,22). The fraction of sp³-hybridized carbons (Fsp3) is 0.263. The summed E-state index contributed by atoms with van der Waals surface area (Å²) < 4.78 is 10.5. The molecule has 1 unspecified atom stereocenters. The number of aryl methyl sites for hydroxylation is 1. The van der Waals surface area contributed by atoms with Gasteiger partial charge in [-0.05, 0) is 36.6 Å². The lowest BCUT2D eigenvalue weighted by Gasteiger charge is -2.17. The zero-order valence-electron chi connectivity index (χ0n) is 14.2. The molecule has 3 rings (SSSR count). The van der Waals surface area contributed by atoms with Crippen molar-refractivity contribution in [2.45, 2.75) is 18.9 Å². The van der Waals surface area contributed by atoms with E-state index in [1.165, 1.54) is 14.2 Å². The van der Waals surface area contributed by atoms with Gasteiger partial charge >= 0.3 is 0 Å². The summed E-state index contributed by atoms with van der Waals surface area (Å²) in [6.45, 7) is 0. The number of nitrogens with one attached hydrogen (secondary N) is 2. The van der Waals surface area contributed by atoms with Crippen LogP contribution >= 0.6 is 0 Å². The number of amides is 2. The molecule has 6 heteroatoms. The van der Waals surface area contributed by atoms with Gasteiger partial charge in [-0.1, -0.05) is 24.3 Å². The quantitative estimate of drug-likeness (QED) is 0.896. The monoisotopic (exact) mass is 340 g/mol. The smallest absolute Gasteiger partial charge is 0.255 e. The van der Waals surface area contributed by atoms with Gasteiger partial charge in [-0.15, -0.1) is 0 Å². The molecule has 0 fully saturated rings. The van der Waals surface area contributed by atoms with E-state index in [1.54, 1.807) is 18.2 Å². The molecule has 130 valence electrons. The van der Waals surface area contributed by atoms with Crippen molar-refractivity contribution >= 4 is 17.5 Å². The zero-order valence-corrected chi connectivity index (χ0v) is 14.2. The van der Waals surface area contributed by atoms with Gasteiger partial charge in [0.05, 0.1) is 19.8 Å². The maximum Gasteiger partial charge on any atom is 0.255 e. The predicted molar refractivity (Wildman–Crippen MR) is 94.2 cm³/mol. The number of ether oxygens (including phenoxy) is 2. The van der Waals surface area contributed by atoms with Crippen LogP contribution in [0.25, 0.3) is 0 Å². The molecule has 25 heavy (non-hydrogen) atoms. The van der Waals surface area contributed by atoms with Crippen molar-refractivity contribution in [2.75, 3.05) is 19.5 Å². The molecule has 2 N–H and O–H groups in total. The summed E-state index contributed by atoms with van der Waals surface area (Å²) in [5.41, 5.74) is 2.19. The molecule has 1 aliphatic rings. The molecule has 0 saturated carbocycles. The first-order valence-electron chi connectivity index (χ1n) is 8.04. The van der Waals surface area contributed by atoms with Crippen LogP contribution in [0.15, 0.2) is 42.5 Å². The van der Waals surface area contributed by atoms with Crippen LogP contribution in [0.5, 0.6) is 11.5 Å². The second-order valence-electron chi connectivity index (χ2n) is 5.75. The Bertz CT molecular complexity index is 804. The number of methoxy groups -OCH3 is 2. The van der Waals surface area contributed by atoms with Gasteiger partial charge in [-0.2, -0.15) is 0 Å². The topological polar surface area (TPSA) is 76.7 Å². The third-order valence-corrected chi connectivity index (χ3v) is 4.25. The molecule has 2 aromatic rings. The number of anilines is 1. The van der Waals surface area contributed by atoms with Crippen molar-refractivity contribution in [2.24, 2.45) is 0 Å². The minimum atomic E-state index is -0.615. The summed E-state index contributed by atoms with van der Waals surface area (Å²) in [6.07, 6.45) is 1.23. The van der Waals surface area contributed by atoms with E-state index in [1.807, 2.05) is 24.3 Å². The number of fused-ring (bicyclic) bond motifs is 1. The van der Waals surface area contributed by atoms with Crippen molar-refractivity contribution in [1.82, 2.24) is 5.32 Å². The van der Waals surface area contributed by atoms with E-state index in [2.05, 4.69) is 10.6 Å². The van der Waals surface area contributed by atoms with E-state index in [-0.39, 0.29) is 11.8 Å². The first-order valence-corrected chi connectivity index (χ1v) is 8.04. The van der Waals surface area contributed by atoms with Gasteiger partial charge in [-0.25, -0.2) is 0 Å². The van der Waals surface area contributed by atoms with Gasteiger partial charge in [0.15, 0.2) is 11.5 Å². The van der Waals surface area contributed by atoms with E-state index in [4.69, 9.17) is 9.47 Å². The van der Waals surface area contributed by atoms with Crippen LogP contribution in [0.1, 0.15) is 22.3 Å². The zero-order chi connectivity index (χ0) is 17.8. The van der Waals surface area contributed by atoms with Crippen LogP contribution < -0.4 is 20.1 Å². The lowest BCUT2D eigenvalue weighted by molar-refractivity contribution is -0.118. The number of benzene rings is 2. The Morgan fingerprint density at radius 1 is 1.12 bits per heavy atom. The fourth-order valence-corrected chi connectivity index (χ4v) is 2.95. The van der Waals surface area contributed by atoms with E-state index in [9.17, 15) is 9.59 Å². The molecule has 0 bridgehead atoms. The molecule has 6 nitrogen and oxygen atoms in total. The highest BCUT2D eigenvalue weighted by molar-refractivity contribution is 6.03. The van der Waals surface area contributed by atoms with Crippen molar-refractivity contribution in [1.29, 1.82) is 0 Å². The van der Waals surface area contributed by atoms with Crippen LogP contribution in [-0.4, -0.2) is 32.1 Å². The fourth-order valence-electron chi connectivity index (χ4n) is 2.95. The summed E-state index contributed by atoms with van der Waals surface area (Å²) in [4.78, 5) is 25.1. The summed E-state index contributed by atoms with van der Waals surface area (Å²) >= 11 is 0. The van der Waals surface area contributed by atoms with Crippen LogP contribution in [-0.2, 0) is 11.2 Å². The summed E-state index contributed by atoms with van der Waals surface area (Å²) in [5.74, 6) is 0.217. The highest BCUT2D eigenvalue weighted by atomic mass is 16.5. The maximum absolute atomic E-state index is 12.7. The first kappa shape index (κ1) is 16.8.